The van der Waals surface area contributed by atoms with Gasteiger partial charge < -0.3 is 20.1 Å². The van der Waals surface area contributed by atoms with Gasteiger partial charge in [-0.05, 0) is 61.0 Å². The number of ether oxygens (including phenoxy) is 2. The maximum Gasteiger partial charge on any atom is 0.267 e. The van der Waals surface area contributed by atoms with Gasteiger partial charge in [-0.1, -0.05) is 48.5 Å². The molecule has 0 aliphatic carbocycles. The number of carbonyl (C=O) groups is 2. The lowest BCUT2D eigenvalue weighted by Crippen LogP contribution is -2.39. The average Bonchev–Trinajstić information content (AvgIpc) is 2.92. The number of nitrogens with zero attached hydrogens (tertiary/aromatic N) is 1. The zero-order valence-electron chi connectivity index (χ0n) is 20.2. The van der Waals surface area contributed by atoms with Crippen LogP contribution >= 0.6 is 0 Å². The van der Waals surface area contributed by atoms with Gasteiger partial charge in [0.25, 0.3) is 11.8 Å². The molecular formula is C29H31N3O4. The summed E-state index contributed by atoms with van der Waals surface area (Å²) < 4.78 is 11.3. The summed E-state index contributed by atoms with van der Waals surface area (Å²) >= 11 is 0. The lowest BCUT2D eigenvalue weighted by atomic mass is 10.1. The molecule has 1 heterocycles. The van der Waals surface area contributed by atoms with E-state index in [4.69, 9.17) is 9.47 Å². The van der Waals surface area contributed by atoms with Crippen LogP contribution < -0.4 is 15.4 Å². The summed E-state index contributed by atoms with van der Waals surface area (Å²) in [5.41, 5.74) is 1.38. The number of carbonyl (C=O) groups excluding carboxylic acids is 2. The Morgan fingerprint density at radius 3 is 2.33 bits per heavy atom. The van der Waals surface area contributed by atoms with E-state index in [1.54, 1.807) is 30.3 Å². The summed E-state index contributed by atoms with van der Waals surface area (Å²) in [6, 6.07) is 25.7. The number of hydrogen-bond acceptors (Lipinski definition) is 5. The maximum absolute atomic E-state index is 13.1. The van der Waals surface area contributed by atoms with E-state index in [-0.39, 0.29) is 17.5 Å². The molecular weight excluding hydrogens is 454 g/mol. The van der Waals surface area contributed by atoms with E-state index < -0.39 is 0 Å². The van der Waals surface area contributed by atoms with Crippen molar-refractivity contribution in [2.75, 3.05) is 39.4 Å². The van der Waals surface area contributed by atoms with Crippen LogP contribution in [0.15, 0.2) is 90.6 Å². The highest BCUT2D eigenvalue weighted by Gasteiger charge is 2.15. The van der Waals surface area contributed by atoms with Gasteiger partial charge in [-0.3, -0.25) is 14.5 Å². The quantitative estimate of drug-likeness (QED) is 0.334. The van der Waals surface area contributed by atoms with Crippen LogP contribution in [0.4, 0.5) is 0 Å². The van der Waals surface area contributed by atoms with Gasteiger partial charge in [-0.15, -0.1) is 0 Å². The zero-order chi connectivity index (χ0) is 25.0. The molecule has 2 amide bonds. The van der Waals surface area contributed by atoms with Gasteiger partial charge in [0.2, 0.25) is 0 Å². The summed E-state index contributed by atoms with van der Waals surface area (Å²) in [5, 5.41) is 5.73. The predicted octanol–water partition coefficient (Wildman–Crippen LogP) is 4.09. The van der Waals surface area contributed by atoms with Crippen LogP contribution in [0.5, 0.6) is 11.5 Å². The Balaban J connectivity index is 1.45. The van der Waals surface area contributed by atoms with Gasteiger partial charge in [0.1, 0.15) is 17.2 Å². The third-order valence-corrected chi connectivity index (χ3v) is 5.72. The first-order chi connectivity index (χ1) is 17.7. The van der Waals surface area contributed by atoms with Crippen LogP contribution in [0.25, 0.3) is 6.08 Å². The lowest BCUT2D eigenvalue weighted by molar-refractivity contribution is -0.117. The largest absolute Gasteiger partial charge is 0.457 e. The van der Waals surface area contributed by atoms with Gasteiger partial charge in [-0.25, -0.2) is 0 Å². The molecule has 0 saturated carbocycles. The SMILES string of the molecule is O=C(NCCCN1CCOCC1)C(=Cc1cccc(Oc2ccccc2)c1)NC(=O)c1ccccc1. The molecule has 0 atom stereocenters. The van der Waals surface area contributed by atoms with Crippen molar-refractivity contribution in [1.29, 1.82) is 0 Å². The monoisotopic (exact) mass is 485 g/mol. The summed E-state index contributed by atoms with van der Waals surface area (Å²) in [6.07, 6.45) is 2.47. The fraction of sp³-hybridized carbons (Fsp3) is 0.241. The van der Waals surface area contributed by atoms with Crippen LogP contribution in [0.3, 0.4) is 0 Å². The molecule has 3 aromatic rings. The number of morpholine rings is 1. The van der Waals surface area contributed by atoms with Gasteiger partial charge in [0, 0.05) is 25.2 Å². The molecule has 0 spiro atoms. The number of amides is 2. The van der Waals surface area contributed by atoms with Gasteiger partial charge >= 0.3 is 0 Å². The van der Waals surface area contributed by atoms with E-state index in [0.29, 0.717) is 23.6 Å². The smallest absolute Gasteiger partial charge is 0.267 e. The Bertz CT molecular complexity index is 1160. The van der Waals surface area contributed by atoms with E-state index in [2.05, 4.69) is 15.5 Å². The van der Waals surface area contributed by atoms with E-state index >= 15 is 0 Å². The molecule has 0 unspecified atom stereocenters. The molecule has 0 bridgehead atoms. The van der Waals surface area contributed by atoms with E-state index in [9.17, 15) is 9.59 Å². The Morgan fingerprint density at radius 2 is 1.58 bits per heavy atom. The summed E-state index contributed by atoms with van der Waals surface area (Å²) in [6.45, 7) is 4.71. The van der Waals surface area contributed by atoms with E-state index in [0.717, 1.165) is 44.8 Å². The molecule has 186 valence electrons. The summed E-state index contributed by atoms with van der Waals surface area (Å²) in [4.78, 5) is 28.2. The molecule has 1 fully saturated rings. The molecule has 2 N–H and O–H groups in total. The molecule has 4 rings (SSSR count). The van der Waals surface area contributed by atoms with Crippen LogP contribution in [-0.4, -0.2) is 56.1 Å². The molecule has 0 radical (unpaired) electrons. The van der Waals surface area contributed by atoms with E-state index in [1.165, 1.54) is 0 Å². The fourth-order valence-electron chi connectivity index (χ4n) is 3.83. The number of rotatable bonds is 10. The van der Waals surface area contributed by atoms with Crippen molar-refractivity contribution in [3.05, 3.63) is 102 Å². The number of nitrogens with one attached hydrogen (secondary N) is 2. The van der Waals surface area contributed by atoms with Crippen molar-refractivity contribution in [3.8, 4) is 11.5 Å². The molecule has 1 saturated heterocycles. The molecule has 3 aromatic carbocycles. The Morgan fingerprint density at radius 1 is 0.889 bits per heavy atom. The van der Waals surface area contributed by atoms with Gasteiger partial charge in [0.15, 0.2) is 0 Å². The first-order valence-electron chi connectivity index (χ1n) is 12.2. The van der Waals surface area contributed by atoms with Crippen molar-refractivity contribution in [2.24, 2.45) is 0 Å². The first-order valence-corrected chi connectivity index (χ1v) is 12.2. The molecule has 36 heavy (non-hydrogen) atoms. The molecule has 0 aromatic heterocycles. The third-order valence-electron chi connectivity index (χ3n) is 5.72. The number of hydrogen-bond donors (Lipinski definition) is 2. The normalized spacial score (nSPS) is 14.2. The summed E-state index contributed by atoms with van der Waals surface area (Å²) in [7, 11) is 0. The van der Waals surface area contributed by atoms with Crippen molar-refractivity contribution in [1.82, 2.24) is 15.5 Å². The highest BCUT2D eigenvalue weighted by atomic mass is 16.5. The van der Waals surface area contributed by atoms with Crippen LogP contribution in [-0.2, 0) is 9.53 Å². The molecule has 1 aliphatic heterocycles. The highest BCUT2D eigenvalue weighted by molar-refractivity contribution is 6.05. The van der Waals surface area contributed by atoms with E-state index in [1.807, 2.05) is 60.7 Å². The topological polar surface area (TPSA) is 79.9 Å². The Hall–Kier alpha value is -3.94. The van der Waals surface area contributed by atoms with Crippen LogP contribution in [0, 0.1) is 0 Å². The zero-order valence-corrected chi connectivity index (χ0v) is 20.2. The predicted molar refractivity (Wildman–Crippen MR) is 140 cm³/mol. The van der Waals surface area contributed by atoms with Gasteiger partial charge in [0.05, 0.1) is 13.2 Å². The van der Waals surface area contributed by atoms with Crippen LogP contribution in [0.1, 0.15) is 22.3 Å². The minimum absolute atomic E-state index is 0.173. The first kappa shape index (κ1) is 25.2. The maximum atomic E-state index is 13.1. The third kappa shape index (κ3) is 7.80. The van der Waals surface area contributed by atoms with Crippen molar-refractivity contribution in [2.45, 2.75) is 6.42 Å². The fourth-order valence-corrected chi connectivity index (χ4v) is 3.83. The minimum Gasteiger partial charge on any atom is -0.457 e. The lowest BCUT2D eigenvalue weighted by Gasteiger charge is -2.26. The number of para-hydroxylation sites is 1. The minimum atomic E-state index is -0.345. The number of benzene rings is 3. The van der Waals surface area contributed by atoms with Gasteiger partial charge in [-0.2, -0.15) is 0 Å². The van der Waals surface area contributed by atoms with Crippen LogP contribution in [0.2, 0.25) is 0 Å². The Kier molecular flexibility index (Phi) is 9.25. The summed E-state index contributed by atoms with van der Waals surface area (Å²) in [5.74, 6) is 0.668. The molecule has 7 heteroatoms. The standard InChI is InChI=1S/C29H31N3O4/c33-28(24-10-3-1-4-11-24)31-27(29(34)30-15-8-16-32-17-19-35-20-18-32)22-23-9-7-14-26(21-23)36-25-12-5-2-6-13-25/h1-7,9-14,21-22H,8,15-20H2,(H,30,34)(H,31,33). The molecule has 7 nitrogen and oxygen atoms in total. The van der Waals surface area contributed by atoms with Crippen molar-refractivity contribution >= 4 is 17.9 Å². The average molecular weight is 486 g/mol. The second kappa shape index (κ2) is 13.2. The van der Waals surface area contributed by atoms with Crippen molar-refractivity contribution in [3.63, 3.8) is 0 Å². The Labute approximate surface area is 211 Å². The second-order valence-corrected chi connectivity index (χ2v) is 8.43. The highest BCUT2D eigenvalue weighted by Crippen LogP contribution is 2.22. The van der Waals surface area contributed by atoms with Crippen molar-refractivity contribution < 1.29 is 19.1 Å². The second-order valence-electron chi connectivity index (χ2n) is 8.43. The molecule has 1 aliphatic rings.